The molecule has 1 aromatic carbocycles. The van der Waals surface area contributed by atoms with E-state index in [2.05, 4.69) is 37.3 Å². The Labute approximate surface area is 124 Å². The van der Waals surface area contributed by atoms with Gasteiger partial charge in [-0.05, 0) is 29.9 Å². The molecule has 3 heteroatoms. The number of primary amides is 1. The summed E-state index contributed by atoms with van der Waals surface area (Å²) >= 11 is 0. The Morgan fingerprint density at radius 1 is 1.33 bits per heavy atom. The maximum absolute atomic E-state index is 12.0. The van der Waals surface area contributed by atoms with Crippen molar-refractivity contribution in [1.82, 2.24) is 4.57 Å². The topological polar surface area (TPSA) is 48.0 Å². The van der Waals surface area contributed by atoms with E-state index < -0.39 is 0 Å². The van der Waals surface area contributed by atoms with Gasteiger partial charge in [-0.15, -0.1) is 0 Å². The zero-order valence-corrected chi connectivity index (χ0v) is 12.4. The van der Waals surface area contributed by atoms with E-state index in [0.29, 0.717) is 11.6 Å². The Morgan fingerprint density at radius 2 is 2.10 bits per heavy atom. The van der Waals surface area contributed by atoms with Crippen LogP contribution in [0.15, 0.2) is 48.6 Å². The zero-order chi connectivity index (χ0) is 15.0. The second-order valence-corrected chi connectivity index (χ2v) is 5.70. The van der Waals surface area contributed by atoms with Gasteiger partial charge in [0.25, 0.3) is 5.91 Å². The van der Waals surface area contributed by atoms with E-state index in [4.69, 9.17) is 5.73 Å². The first-order chi connectivity index (χ1) is 10.1. The number of nitrogens with two attached hydrogens (primary N) is 1. The van der Waals surface area contributed by atoms with Gasteiger partial charge < -0.3 is 10.3 Å². The van der Waals surface area contributed by atoms with Crippen LogP contribution in [0.5, 0.6) is 0 Å². The van der Waals surface area contributed by atoms with E-state index in [1.54, 1.807) is 0 Å². The normalized spacial score (nSPS) is 19.0. The van der Waals surface area contributed by atoms with Crippen molar-refractivity contribution in [1.29, 1.82) is 0 Å². The van der Waals surface area contributed by atoms with Gasteiger partial charge in [-0.25, -0.2) is 0 Å². The SMILES string of the molecule is CC(c1c(C(N)=O)n(C)c2ccccc12)C1C=CC=CC1. The number of rotatable bonds is 3. The number of hydrogen-bond donors (Lipinski definition) is 1. The highest BCUT2D eigenvalue weighted by Gasteiger charge is 2.27. The van der Waals surface area contributed by atoms with Gasteiger partial charge >= 0.3 is 0 Å². The highest BCUT2D eigenvalue weighted by atomic mass is 16.1. The minimum absolute atomic E-state index is 0.250. The quantitative estimate of drug-likeness (QED) is 0.919. The first-order valence-corrected chi connectivity index (χ1v) is 7.31. The van der Waals surface area contributed by atoms with E-state index in [0.717, 1.165) is 22.9 Å². The number of hydrogen-bond acceptors (Lipinski definition) is 1. The number of carbonyl (C=O) groups excluding carboxylic acids is 1. The lowest BCUT2D eigenvalue weighted by Crippen LogP contribution is -2.20. The van der Waals surface area contributed by atoms with Crippen LogP contribution in [0.1, 0.15) is 35.3 Å². The Bertz CT molecular complexity index is 752. The molecule has 2 N–H and O–H groups in total. The molecule has 21 heavy (non-hydrogen) atoms. The van der Waals surface area contributed by atoms with Crippen LogP contribution >= 0.6 is 0 Å². The van der Waals surface area contributed by atoms with Crippen LogP contribution in [0.25, 0.3) is 10.9 Å². The molecule has 1 aliphatic rings. The van der Waals surface area contributed by atoms with Gasteiger partial charge in [-0.2, -0.15) is 0 Å². The molecule has 0 fully saturated rings. The predicted octanol–water partition coefficient (Wildman–Crippen LogP) is 3.51. The highest BCUT2D eigenvalue weighted by molar-refractivity contribution is 6.01. The molecule has 1 heterocycles. The number of allylic oxidation sites excluding steroid dienone is 4. The fraction of sp³-hybridized carbons (Fsp3) is 0.278. The smallest absolute Gasteiger partial charge is 0.265 e. The van der Waals surface area contributed by atoms with Gasteiger partial charge in [0.2, 0.25) is 0 Å². The molecule has 1 aromatic heterocycles. The average molecular weight is 280 g/mol. The molecule has 2 aromatic rings. The van der Waals surface area contributed by atoms with Crippen molar-refractivity contribution in [3.63, 3.8) is 0 Å². The first-order valence-electron chi connectivity index (χ1n) is 7.31. The van der Waals surface area contributed by atoms with E-state index >= 15 is 0 Å². The first kappa shape index (κ1) is 13.7. The van der Waals surface area contributed by atoms with Crippen LogP contribution in [0.4, 0.5) is 0 Å². The molecule has 3 rings (SSSR count). The lowest BCUT2D eigenvalue weighted by atomic mass is 9.82. The third kappa shape index (κ3) is 2.19. The number of carbonyl (C=O) groups is 1. The molecule has 0 aliphatic heterocycles. The summed E-state index contributed by atoms with van der Waals surface area (Å²) in [5, 5.41) is 1.13. The van der Waals surface area contributed by atoms with Crippen molar-refractivity contribution in [2.24, 2.45) is 18.7 Å². The lowest BCUT2D eigenvalue weighted by molar-refractivity contribution is 0.0991. The number of aryl methyl sites for hydroxylation is 1. The standard InChI is InChI=1S/C18H20N2O/c1-12(13-8-4-3-5-9-13)16-14-10-6-7-11-15(14)20(2)17(16)18(19)21/h3-8,10-13H,9H2,1-2H3,(H2,19,21). The van der Waals surface area contributed by atoms with Gasteiger partial charge in [0, 0.05) is 18.0 Å². The van der Waals surface area contributed by atoms with Crippen molar-refractivity contribution < 1.29 is 4.79 Å². The van der Waals surface area contributed by atoms with E-state index in [9.17, 15) is 4.79 Å². The molecular weight excluding hydrogens is 260 g/mol. The molecule has 2 atom stereocenters. The van der Waals surface area contributed by atoms with Gasteiger partial charge in [0.15, 0.2) is 0 Å². The van der Waals surface area contributed by atoms with Crippen molar-refractivity contribution in [2.75, 3.05) is 0 Å². The Hall–Kier alpha value is -2.29. The molecular formula is C18H20N2O. The maximum Gasteiger partial charge on any atom is 0.265 e. The summed E-state index contributed by atoms with van der Waals surface area (Å²) in [6, 6.07) is 8.12. The molecule has 2 unspecified atom stereocenters. The maximum atomic E-state index is 12.0. The highest BCUT2D eigenvalue weighted by Crippen LogP contribution is 2.37. The van der Waals surface area contributed by atoms with Crippen molar-refractivity contribution in [3.8, 4) is 0 Å². The molecule has 0 spiro atoms. The van der Waals surface area contributed by atoms with Crippen LogP contribution in [-0.2, 0) is 7.05 Å². The third-order valence-electron chi connectivity index (χ3n) is 4.49. The molecule has 0 radical (unpaired) electrons. The van der Waals surface area contributed by atoms with Crippen LogP contribution in [0, 0.1) is 5.92 Å². The fourth-order valence-corrected chi connectivity index (χ4v) is 3.37. The van der Waals surface area contributed by atoms with Crippen LogP contribution < -0.4 is 5.73 Å². The van der Waals surface area contributed by atoms with Crippen molar-refractivity contribution in [3.05, 3.63) is 59.8 Å². The summed E-state index contributed by atoms with van der Waals surface area (Å²) in [7, 11) is 1.91. The lowest BCUT2D eigenvalue weighted by Gasteiger charge is -2.22. The summed E-state index contributed by atoms with van der Waals surface area (Å²) < 4.78 is 1.92. The summed E-state index contributed by atoms with van der Waals surface area (Å²) in [6.45, 7) is 2.18. The van der Waals surface area contributed by atoms with Gasteiger partial charge in [-0.3, -0.25) is 4.79 Å². The molecule has 3 nitrogen and oxygen atoms in total. The van der Waals surface area contributed by atoms with Crippen LogP contribution in [0.3, 0.4) is 0 Å². The summed E-state index contributed by atoms with van der Waals surface area (Å²) in [5.41, 5.74) is 8.42. The largest absolute Gasteiger partial charge is 0.364 e. The predicted molar refractivity (Wildman–Crippen MR) is 86.2 cm³/mol. The number of amides is 1. The van der Waals surface area contributed by atoms with Gasteiger partial charge in [0.1, 0.15) is 5.69 Å². The minimum atomic E-state index is -0.356. The number of benzene rings is 1. The van der Waals surface area contributed by atoms with E-state index in [1.807, 2.05) is 29.8 Å². The summed E-state index contributed by atoms with van der Waals surface area (Å²) in [4.78, 5) is 12.0. The van der Waals surface area contributed by atoms with Crippen molar-refractivity contribution in [2.45, 2.75) is 19.3 Å². The second kappa shape index (κ2) is 5.24. The number of para-hydroxylation sites is 1. The van der Waals surface area contributed by atoms with E-state index in [1.165, 1.54) is 0 Å². The Kier molecular flexibility index (Phi) is 3.42. The molecule has 0 saturated heterocycles. The second-order valence-electron chi connectivity index (χ2n) is 5.70. The van der Waals surface area contributed by atoms with Crippen molar-refractivity contribution >= 4 is 16.8 Å². The van der Waals surface area contributed by atoms with Crippen LogP contribution in [0.2, 0.25) is 0 Å². The molecule has 108 valence electrons. The molecule has 0 bridgehead atoms. The molecule has 1 aliphatic carbocycles. The average Bonchev–Trinajstić information content (AvgIpc) is 2.81. The zero-order valence-electron chi connectivity index (χ0n) is 12.4. The van der Waals surface area contributed by atoms with Crippen LogP contribution in [-0.4, -0.2) is 10.5 Å². The minimum Gasteiger partial charge on any atom is -0.364 e. The number of aromatic nitrogens is 1. The number of nitrogens with zero attached hydrogens (tertiary/aromatic N) is 1. The monoisotopic (exact) mass is 280 g/mol. The third-order valence-corrected chi connectivity index (χ3v) is 4.49. The molecule has 1 amide bonds. The Morgan fingerprint density at radius 3 is 2.76 bits per heavy atom. The van der Waals surface area contributed by atoms with E-state index in [-0.39, 0.29) is 11.8 Å². The molecule has 0 saturated carbocycles. The summed E-state index contributed by atoms with van der Waals surface area (Å²) in [6.07, 6.45) is 9.55. The van der Waals surface area contributed by atoms with Gasteiger partial charge in [-0.1, -0.05) is 49.4 Å². The van der Waals surface area contributed by atoms with Gasteiger partial charge in [0.05, 0.1) is 0 Å². The number of fused-ring (bicyclic) bond motifs is 1. The fourth-order valence-electron chi connectivity index (χ4n) is 3.37. The summed E-state index contributed by atoms with van der Waals surface area (Å²) in [5.74, 6) is 0.296. The Balaban J connectivity index is 2.20.